The first kappa shape index (κ1) is 24.6. The normalized spacial score (nSPS) is 11.8. The van der Waals surface area contributed by atoms with Gasteiger partial charge in [-0.15, -0.1) is 50.3 Å². The summed E-state index contributed by atoms with van der Waals surface area (Å²) in [6.07, 6.45) is 8.66. The van der Waals surface area contributed by atoms with Crippen molar-refractivity contribution in [2.24, 2.45) is 0 Å². The van der Waals surface area contributed by atoms with Crippen molar-refractivity contribution in [2.45, 2.75) is 6.92 Å². The first-order chi connectivity index (χ1) is 16.2. The molecule has 6 rings (SSSR count). The maximum absolute atomic E-state index is 4.89. The third-order valence-electron chi connectivity index (χ3n) is 4.73. The van der Waals surface area contributed by atoms with Crippen LogP contribution in [0.25, 0.3) is 53.7 Å². The topological polar surface area (TPSA) is 25.8 Å². The number of rotatable bonds is 6. The van der Waals surface area contributed by atoms with Gasteiger partial charge in [0.1, 0.15) is 10.0 Å². The number of fused-ring (bicyclic) bond motifs is 1. The van der Waals surface area contributed by atoms with Gasteiger partial charge in [-0.25, -0.2) is 9.97 Å². The van der Waals surface area contributed by atoms with Gasteiger partial charge in [-0.2, -0.15) is 12.1 Å². The van der Waals surface area contributed by atoms with E-state index in [2.05, 4.69) is 79.1 Å². The molecule has 2 nitrogen and oxygen atoms in total. The standard InChI is InChI=1S/C25H15N2S6.Y/c1-15-4-5-17(29-15)8-9-19-11-13-21(31-19)23-27-25-24(33-23)26-22(32-25)20-12-10-18(30-20)7-6-16-3-2-14-28-16;/h2-13H,1H3;/q-1;/b7-6+,9-8+;. The molecule has 6 aromatic rings. The summed E-state index contributed by atoms with van der Waals surface area (Å²) in [6.45, 7) is 2.14. The van der Waals surface area contributed by atoms with Crippen LogP contribution in [0.15, 0.2) is 48.5 Å². The Bertz CT molecular complexity index is 1560. The SMILES string of the molecule is Cc1ccc(/C=C/c2ccc(-c3nc4sc(-c5ccc(/C=C/c6cc[c-]s6)s5)nc4s3)s2)s1.[Y]. The van der Waals surface area contributed by atoms with Crippen LogP contribution in [-0.4, -0.2) is 9.97 Å². The molecule has 0 saturated heterocycles. The second-order valence-electron chi connectivity index (χ2n) is 7.12. The van der Waals surface area contributed by atoms with Crippen LogP contribution in [-0.2, 0) is 32.7 Å². The van der Waals surface area contributed by atoms with E-state index in [-0.39, 0.29) is 32.7 Å². The number of nitrogens with zero attached hydrogens (tertiary/aromatic N) is 2. The fourth-order valence-corrected chi connectivity index (χ4v) is 8.48. The van der Waals surface area contributed by atoms with Gasteiger partial charge in [-0.1, -0.05) is 28.7 Å². The van der Waals surface area contributed by atoms with E-state index in [4.69, 9.17) is 9.97 Å². The van der Waals surface area contributed by atoms with Crippen LogP contribution in [0.5, 0.6) is 0 Å². The van der Waals surface area contributed by atoms with E-state index in [1.165, 1.54) is 34.1 Å². The van der Waals surface area contributed by atoms with Gasteiger partial charge in [0, 0.05) is 52.2 Å². The Kier molecular flexibility index (Phi) is 7.87. The van der Waals surface area contributed by atoms with E-state index in [9.17, 15) is 0 Å². The van der Waals surface area contributed by atoms with Gasteiger partial charge in [-0.3, -0.25) is 11.3 Å². The van der Waals surface area contributed by atoms with Crippen LogP contribution >= 0.6 is 68.0 Å². The molecule has 0 saturated carbocycles. The molecule has 0 aromatic carbocycles. The van der Waals surface area contributed by atoms with Crippen LogP contribution in [0.2, 0.25) is 0 Å². The minimum atomic E-state index is 0. The number of aryl methyl sites for hydroxylation is 1. The second kappa shape index (κ2) is 10.9. The fourth-order valence-electron chi connectivity index (χ4n) is 3.18. The van der Waals surface area contributed by atoms with Crippen LogP contribution < -0.4 is 0 Å². The number of hydrogen-bond acceptors (Lipinski definition) is 8. The van der Waals surface area contributed by atoms with Crippen molar-refractivity contribution >= 4 is 102 Å². The minimum Gasteiger partial charge on any atom is -0.296 e. The summed E-state index contributed by atoms with van der Waals surface area (Å²) in [5.41, 5.74) is 0. The van der Waals surface area contributed by atoms with E-state index in [0.29, 0.717) is 0 Å². The number of thiazole rings is 2. The van der Waals surface area contributed by atoms with Gasteiger partial charge < -0.3 is 0 Å². The molecule has 9 heteroatoms. The minimum absolute atomic E-state index is 0. The van der Waals surface area contributed by atoms with E-state index < -0.39 is 0 Å². The Morgan fingerprint density at radius 1 is 0.618 bits per heavy atom. The molecule has 1 radical (unpaired) electrons. The third-order valence-corrected chi connectivity index (χ3v) is 10.9. The first-order valence-electron chi connectivity index (χ1n) is 10.1. The zero-order chi connectivity index (χ0) is 22.2. The molecule has 6 heterocycles. The molecule has 0 bridgehead atoms. The molecule has 165 valence electrons. The fraction of sp³-hybridized carbons (Fsp3) is 0.0400. The predicted octanol–water partition coefficient (Wildman–Crippen LogP) is 9.78. The molecule has 0 fully saturated rings. The Labute approximate surface area is 246 Å². The molecule has 0 aliphatic carbocycles. The molecular weight excluding hydrogens is 610 g/mol. The van der Waals surface area contributed by atoms with Crippen LogP contribution in [0, 0.1) is 12.3 Å². The third kappa shape index (κ3) is 5.50. The summed E-state index contributed by atoms with van der Waals surface area (Å²) in [4.78, 5) is 20.5. The average molecular weight is 625 g/mol. The van der Waals surface area contributed by atoms with Crippen molar-refractivity contribution in [3.63, 3.8) is 0 Å². The summed E-state index contributed by atoms with van der Waals surface area (Å²) < 4.78 is 0. The molecule has 34 heavy (non-hydrogen) atoms. The van der Waals surface area contributed by atoms with Crippen molar-refractivity contribution in [1.29, 1.82) is 0 Å². The Hall–Kier alpha value is -1.10. The van der Waals surface area contributed by atoms with Crippen molar-refractivity contribution in [1.82, 2.24) is 9.97 Å². The van der Waals surface area contributed by atoms with Crippen LogP contribution in [0.4, 0.5) is 0 Å². The summed E-state index contributed by atoms with van der Waals surface area (Å²) >= 11 is 10.3. The molecule has 0 spiro atoms. The molecule has 6 aromatic heterocycles. The smallest absolute Gasteiger partial charge is 0.155 e. The van der Waals surface area contributed by atoms with Gasteiger partial charge in [0.25, 0.3) is 0 Å². The van der Waals surface area contributed by atoms with Crippen molar-refractivity contribution in [2.75, 3.05) is 0 Å². The zero-order valence-corrected chi connectivity index (χ0v) is 25.6. The van der Waals surface area contributed by atoms with E-state index in [0.717, 1.165) is 19.7 Å². The summed E-state index contributed by atoms with van der Waals surface area (Å²) in [6, 6.07) is 17.0. The summed E-state index contributed by atoms with van der Waals surface area (Å²) in [5, 5.41) is 5.22. The molecule has 0 aliphatic rings. The maximum Gasteiger partial charge on any atom is 0.155 e. The van der Waals surface area contributed by atoms with Gasteiger partial charge in [0.15, 0.2) is 9.66 Å². The molecule has 0 aliphatic heterocycles. The van der Waals surface area contributed by atoms with Crippen LogP contribution in [0.3, 0.4) is 0 Å². The monoisotopic (exact) mass is 624 g/mol. The van der Waals surface area contributed by atoms with Crippen molar-refractivity contribution < 1.29 is 32.7 Å². The summed E-state index contributed by atoms with van der Waals surface area (Å²) in [5.74, 6) is 0. The largest absolute Gasteiger partial charge is 0.296 e. The predicted molar refractivity (Wildman–Crippen MR) is 152 cm³/mol. The molecule has 0 N–H and O–H groups in total. The number of hydrogen-bond donors (Lipinski definition) is 0. The molecule has 0 unspecified atom stereocenters. The maximum atomic E-state index is 4.89. The molecule has 0 amide bonds. The quantitative estimate of drug-likeness (QED) is 0.173. The summed E-state index contributed by atoms with van der Waals surface area (Å²) in [7, 11) is 0. The second-order valence-corrected chi connectivity index (χ2v) is 13.5. The molecular formula is C25H15N2S6Y-. The van der Waals surface area contributed by atoms with Crippen molar-refractivity contribution in [3.05, 3.63) is 78.3 Å². The first-order valence-corrected chi connectivity index (χ1v) is 15.0. The van der Waals surface area contributed by atoms with Gasteiger partial charge in [0.2, 0.25) is 0 Å². The number of aromatic nitrogens is 2. The Morgan fingerprint density at radius 3 is 1.65 bits per heavy atom. The molecule has 0 atom stereocenters. The van der Waals surface area contributed by atoms with E-state index in [1.54, 1.807) is 56.7 Å². The number of thiophene rings is 4. The zero-order valence-electron chi connectivity index (χ0n) is 17.8. The van der Waals surface area contributed by atoms with Crippen LogP contribution in [0.1, 0.15) is 24.4 Å². The van der Waals surface area contributed by atoms with E-state index in [1.807, 2.05) is 17.4 Å². The van der Waals surface area contributed by atoms with E-state index >= 15 is 0 Å². The average Bonchev–Trinajstić information content (AvgIpc) is 3.61. The Balaban J connectivity index is 0.00000241. The van der Waals surface area contributed by atoms with Gasteiger partial charge in [0.05, 0.1) is 9.75 Å². The Morgan fingerprint density at radius 2 is 1.15 bits per heavy atom. The van der Waals surface area contributed by atoms with Gasteiger partial charge >= 0.3 is 0 Å². The van der Waals surface area contributed by atoms with Crippen molar-refractivity contribution in [3.8, 4) is 19.8 Å². The van der Waals surface area contributed by atoms with Gasteiger partial charge in [-0.05, 0) is 55.5 Å².